The molecule has 2 heterocycles. The van der Waals surface area contributed by atoms with Crippen LogP contribution in [0.3, 0.4) is 0 Å². The molecule has 1 aromatic carbocycles. The van der Waals surface area contributed by atoms with Crippen LogP contribution in [0.25, 0.3) is 11.2 Å². The van der Waals surface area contributed by atoms with Gasteiger partial charge < -0.3 is 10.7 Å². The molecule has 0 unspecified atom stereocenters. The lowest BCUT2D eigenvalue weighted by molar-refractivity contribution is 1.07. The van der Waals surface area contributed by atoms with E-state index in [-0.39, 0.29) is 0 Å². The first kappa shape index (κ1) is 12.5. The van der Waals surface area contributed by atoms with Crippen molar-refractivity contribution in [3.63, 3.8) is 0 Å². The molecule has 0 spiro atoms. The normalized spacial score (nSPS) is 11.1. The van der Waals surface area contributed by atoms with E-state index in [0.717, 1.165) is 4.90 Å². The third kappa shape index (κ3) is 2.47. The van der Waals surface area contributed by atoms with Crippen molar-refractivity contribution in [2.24, 2.45) is 0 Å². The molecular weight excluding hydrogens is 305 g/mol. The maximum atomic E-state index is 5.97. The number of imidazole rings is 1. The Morgan fingerprint density at radius 2 is 2.00 bits per heavy atom. The van der Waals surface area contributed by atoms with Crippen molar-refractivity contribution in [2.75, 3.05) is 5.73 Å². The molecule has 2 aromatic heterocycles. The van der Waals surface area contributed by atoms with Gasteiger partial charge in [0.05, 0.1) is 10.0 Å². The molecule has 3 rings (SSSR count). The van der Waals surface area contributed by atoms with E-state index in [2.05, 4.69) is 19.9 Å². The number of nitrogens with one attached hydrogen (secondary N) is 1. The fourth-order valence-electron chi connectivity index (χ4n) is 1.53. The van der Waals surface area contributed by atoms with Gasteiger partial charge in [0.15, 0.2) is 16.6 Å². The number of halogens is 2. The van der Waals surface area contributed by atoms with Crippen molar-refractivity contribution in [3.05, 3.63) is 34.6 Å². The van der Waals surface area contributed by atoms with Gasteiger partial charge in [-0.3, -0.25) is 0 Å². The molecule has 0 bridgehead atoms. The zero-order valence-electron chi connectivity index (χ0n) is 9.39. The third-order valence-corrected chi connectivity index (χ3v) is 4.02. The second kappa shape index (κ2) is 4.88. The zero-order chi connectivity index (χ0) is 13.4. The van der Waals surface area contributed by atoms with Crippen LogP contribution in [0.1, 0.15) is 0 Å². The van der Waals surface area contributed by atoms with Crippen LogP contribution >= 0.6 is 35.0 Å². The van der Waals surface area contributed by atoms with E-state index in [4.69, 9.17) is 28.9 Å². The molecule has 96 valence electrons. The largest absolute Gasteiger partial charge is 0.382 e. The van der Waals surface area contributed by atoms with Crippen LogP contribution in [0, 0.1) is 0 Å². The van der Waals surface area contributed by atoms with Gasteiger partial charge in [0, 0.05) is 4.90 Å². The Balaban J connectivity index is 1.96. The number of aromatic amines is 1. The minimum absolute atomic E-state index is 0.374. The third-order valence-electron chi connectivity index (χ3n) is 2.40. The number of nitrogens with two attached hydrogens (primary N) is 1. The summed E-state index contributed by atoms with van der Waals surface area (Å²) in [4.78, 5) is 16.3. The van der Waals surface area contributed by atoms with Gasteiger partial charge in [-0.1, -0.05) is 35.0 Å². The molecular formula is C11H7Cl2N5S. The first-order chi connectivity index (χ1) is 9.13. The predicted octanol–water partition coefficient (Wildman–Crippen LogP) is 3.39. The number of anilines is 1. The molecule has 0 aliphatic heterocycles. The second-order valence-electron chi connectivity index (χ2n) is 3.68. The summed E-state index contributed by atoms with van der Waals surface area (Å²) in [5, 5.41) is 1.69. The van der Waals surface area contributed by atoms with Crippen LogP contribution in [-0.2, 0) is 0 Å². The molecule has 8 heteroatoms. The highest BCUT2D eigenvalue weighted by Gasteiger charge is 2.09. The number of benzene rings is 1. The summed E-state index contributed by atoms with van der Waals surface area (Å²) in [6.45, 7) is 0. The summed E-state index contributed by atoms with van der Waals surface area (Å²) in [6, 6.07) is 5.38. The molecule has 0 fully saturated rings. The molecule has 0 aliphatic carbocycles. The minimum atomic E-state index is 0.374. The summed E-state index contributed by atoms with van der Waals surface area (Å²) >= 11 is 13.2. The quantitative estimate of drug-likeness (QED) is 0.758. The van der Waals surface area contributed by atoms with Gasteiger partial charge in [-0.2, -0.15) is 0 Å². The van der Waals surface area contributed by atoms with Crippen LogP contribution in [-0.4, -0.2) is 19.9 Å². The smallest absolute Gasteiger partial charge is 0.183 e. The number of fused-ring (bicyclic) bond motifs is 1. The molecule has 0 saturated carbocycles. The number of aromatic nitrogens is 4. The Labute approximate surface area is 122 Å². The van der Waals surface area contributed by atoms with Gasteiger partial charge in [0.25, 0.3) is 0 Å². The molecule has 19 heavy (non-hydrogen) atoms. The number of hydrogen-bond acceptors (Lipinski definition) is 5. The first-order valence-corrected chi connectivity index (χ1v) is 6.80. The molecule has 0 amide bonds. The lowest BCUT2D eigenvalue weighted by Crippen LogP contribution is -1.91. The van der Waals surface area contributed by atoms with Gasteiger partial charge in [0.2, 0.25) is 0 Å². The highest BCUT2D eigenvalue weighted by atomic mass is 35.5. The number of rotatable bonds is 2. The van der Waals surface area contributed by atoms with Crippen molar-refractivity contribution >= 4 is 51.9 Å². The fourth-order valence-corrected chi connectivity index (χ4v) is 2.71. The molecule has 0 atom stereocenters. The molecule has 0 radical (unpaired) electrons. The Morgan fingerprint density at radius 3 is 2.74 bits per heavy atom. The van der Waals surface area contributed by atoms with E-state index < -0.39 is 0 Å². The standard InChI is InChI=1S/C11H7Cl2N5S/c12-6-2-1-5(3-7(6)13)19-11-17-8-9(14)15-4-16-10(8)18-11/h1-4H,(H3,14,15,16,17,18). The number of H-pyrrole nitrogens is 1. The molecule has 3 aromatic rings. The van der Waals surface area contributed by atoms with Crippen molar-refractivity contribution < 1.29 is 0 Å². The highest BCUT2D eigenvalue weighted by molar-refractivity contribution is 7.99. The van der Waals surface area contributed by atoms with E-state index in [1.165, 1.54) is 18.1 Å². The fraction of sp³-hybridized carbons (Fsp3) is 0. The van der Waals surface area contributed by atoms with Gasteiger partial charge in [-0.05, 0) is 18.2 Å². The van der Waals surface area contributed by atoms with Gasteiger partial charge in [0.1, 0.15) is 11.8 Å². The number of nitrogen functional groups attached to an aromatic ring is 1. The molecule has 0 saturated heterocycles. The van der Waals surface area contributed by atoms with Gasteiger partial charge in [-0.15, -0.1) is 0 Å². The highest BCUT2D eigenvalue weighted by Crippen LogP contribution is 2.32. The monoisotopic (exact) mass is 311 g/mol. The van der Waals surface area contributed by atoms with E-state index in [0.29, 0.717) is 32.2 Å². The second-order valence-corrected chi connectivity index (χ2v) is 5.55. The predicted molar refractivity (Wildman–Crippen MR) is 76.7 cm³/mol. The topological polar surface area (TPSA) is 80.5 Å². The van der Waals surface area contributed by atoms with Gasteiger partial charge >= 0.3 is 0 Å². The van der Waals surface area contributed by atoms with Gasteiger partial charge in [-0.25, -0.2) is 15.0 Å². The summed E-state index contributed by atoms with van der Waals surface area (Å²) < 4.78 is 0. The Hall–Kier alpha value is -1.50. The lowest BCUT2D eigenvalue weighted by Gasteiger charge is -2.00. The Kier molecular flexibility index (Phi) is 3.22. The maximum absolute atomic E-state index is 5.97. The molecule has 0 aliphatic rings. The van der Waals surface area contributed by atoms with Crippen LogP contribution in [0.2, 0.25) is 10.0 Å². The zero-order valence-corrected chi connectivity index (χ0v) is 11.7. The molecule has 5 nitrogen and oxygen atoms in total. The molecule has 3 N–H and O–H groups in total. The number of nitrogens with zero attached hydrogens (tertiary/aromatic N) is 3. The minimum Gasteiger partial charge on any atom is -0.382 e. The summed E-state index contributed by atoms with van der Waals surface area (Å²) in [5.41, 5.74) is 6.90. The average Bonchev–Trinajstić information content (AvgIpc) is 2.78. The average molecular weight is 312 g/mol. The lowest BCUT2D eigenvalue weighted by atomic mass is 10.4. The van der Waals surface area contributed by atoms with E-state index in [1.807, 2.05) is 6.07 Å². The van der Waals surface area contributed by atoms with E-state index in [9.17, 15) is 0 Å². The van der Waals surface area contributed by atoms with Crippen LogP contribution in [0.5, 0.6) is 0 Å². The Bertz CT molecular complexity index is 758. The van der Waals surface area contributed by atoms with E-state index >= 15 is 0 Å². The number of hydrogen-bond donors (Lipinski definition) is 2. The van der Waals surface area contributed by atoms with Crippen LogP contribution in [0.15, 0.2) is 34.6 Å². The Morgan fingerprint density at radius 1 is 1.16 bits per heavy atom. The first-order valence-electron chi connectivity index (χ1n) is 5.22. The summed E-state index contributed by atoms with van der Waals surface area (Å²) in [7, 11) is 0. The summed E-state index contributed by atoms with van der Waals surface area (Å²) in [6.07, 6.45) is 1.38. The SMILES string of the molecule is Nc1ncnc2nc(Sc3ccc(Cl)c(Cl)c3)[nH]c12. The van der Waals surface area contributed by atoms with E-state index in [1.54, 1.807) is 12.1 Å². The van der Waals surface area contributed by atoms with Crippen molar-refractivity contribution in [2.45, 2.75) is 10.1 Å². The summed E-state index contributed by atoms with van der Waals surface area (Å²) in [5.74, 6) is 0.374. The van der Waals surface area contributed by atoms with Crippen LogP contribution in [0.4, 0.5) is 5.82 Å². The maximum Gasteiger partial charge on any atom is 0.183 e. The van der Waals surface area contributed by atoms with Crippen molar-refractivity contribution in [1.29, 1.82) is 0 Å². The van der Waals surface area contributed by atoms with Crippen molar-refractivity contribution in [1.82, 2.24) is 19.9 Å². The van der Waals surface area contributed by atoms with Crippen molar-refractivity contribution in [3.8, 4) is 0 Å². The van der Waals surface area contributed by atoms with Crippen LogP contribution < -0.4 is 5.73 Å².